The summed E-state index contributed by atoms with van der Waals surface area (Å²) >= 11 is 1.47. The van der Waals surface area contributed by atoms with E-state index >= 15 is 0 Å². The lowest BCUT2D eigenvalue weighted by atomic mass is 10.2. The smallest absolute Gasteiger partial charge is 0.316 e. The van der Waals surface area contributed by atoms with Crippen molar-refractivity contribution in [3.63, 3.8) is 0 Å². The number of hydrogen-bond donors (Lipinski definition) is 1. The van der Waals surface area contributed by atoms with Crippen molar-refractivity contribution in [2.75, 3.05) is 11.1 Å². The number of anilines is 1. The van der Waals surface area contributed by atoms with Gasteiger partial charge in [-0.2, -0.15) is 0 Å². The number of nitrogens with one attached hydrogen (secondary N) is 1. The first-order chi connectivity index (χ1) is 11.9. The van der Waals surface area contributed by atoms with Crippen molar-refractivity contribution in [1.82, 2.24) is 0 Å². The van der Waals surface area contributed by atoms with E-state index in [1.807, 2.05) is 62.4 Å². The van der Waals surface area contributed by atoms with E-state index in [2.05, 4.69) is 5.32 Å². The molecular formula is C20H23NO3S. The highest BCUT2D eigenvalue weighted by Gasteiger charge is 2.17. The molecule has 2 aromatic carbocycles. The number of carbonyl (C=O) groups excluding carboxylic acids is 2. The van der Waals surface area contributed by atoms with Crippen LogP contribution in [0.5, 0.6) is 0 Å². The SMILES string of the molecule is Cc1ccc(CSCC(=O)O[C@@H](C)C(=O)Nc2ccc(C)cc2)cc1. The van der Waals surface area contributed by atoms with Crippen molar-refractivity contribution < 1.29 is 14.3 Å². The summed E-state index contributed by atoms with van der Waals surface area (Å²) in [5.41, 5.74) is 4.17. The normalized spacial score (nSPS) is 11.6. The van der Waals surface area contributed by atoms with Gasteiger partial charge in [-0.15, -0.1) is 11.8 Å². The number of ether oxygens (including phenoxy) is 1. The summed E-state index contributed by atoms with van der Waals surface area (Å²) in [6.07, 6.45) is -0.825. The van der Waals surface area contributed by atoms with E-state index in [0.717, 1.165) is 16.9 Å². The summed E-state index contributed by atoms with van der Waals surface area (Å²) < 4.78 is 5.19. The fourth-order valence-corrected chi connectivity index (χ4v) is 2.87. The second-order valence-electron chi connectivity index (χ2n) is 5.97. The standard InChI is InChI=1S/C20H23NO3S/c1-14-4-8-17(9-5-14)12-25-13-19(22)24-16(3)20(23)21-18-10-6-15(2)7-11-18/h4-11,16H,12-13H2,1-3H3,(H,21,23)/t16-/m0/s1. The van der Waals surface area contributed by atoms with Gasteiger partial charge >= 0.3 is 5.97 Å². The molecule has 2 aromatic rings. The van der Waals surface area contributed by atoms with Gasteiger partial charge in [0.1, 0.15) is 0 Å². The van der Waals surface area contributed by atoms with Crippen LogP contribution in [-0.2, 0) is 20.1 Å². The first-order valence-corrected chi connectivity index (χ1v) is 9.30. The van der Waals surface area contributed by atoms with E-state index in [-0.39, 0.29) is 17.6 Å². The Labute approximate surface area is 153 Å². The van der Waals surface area contributed by atoms with Crippen LogP contribution < -0.4 is 5.32 Å². The average Bonchev–Trinajstić information content (AvgIpc) is 2.58. The van der Waals surface area contributed by atoms with Gasteiger partial charge in [0.2, 0.25) is 0 Å². The highest BCUT2D eigenvalue weighted by atomic mass is 32.2. The molecular weight excluding hydrogens is 334 g/mol. The number of aryl methyl sites for hydroxylation is 2. The topological polar surface area (TPSA) is 55.4 Å². The van der Waals surface area contributed by atoms with E-state index in [1.54, 1.807) is 6.92 Å². The van der Waals surface area contributed by atoms with Crippen LogP contribution in [0.25, 0.3) is 0 Å². The zero-order chi connectivity index (χ0) is 18.2. The predicted molar refractivity (Wildman–Crippen MR) is 103 cm³/mol. The molecule has 2 rings (SSSR count). The van der Waals surface area contributed by atoms with Gasteiger partial charge in [0.25, 0.3) is 5.91 Å². The highest BCUT2D eigenvalue weighted by molar-refractivity contribution is 7.99. The fraction of sp³-hybridized carbons (Fsp3) is 0.300. The second kappa shape index (κ2) is 9.28. The summed E-state index contributed by atoms with van der Waals surface area (Å²) in [7, 11) is 0. The molecule has 25 heavy (non-hydrogen) atoms. The lowest BCUT2D eigenvalue weighted by Gasteiger charge is -2.13. The van der Waals surface area contributed by atoms with Gasteiger partial charge in [0.15, 0.2) is 6.10 Å². The predicted octanol–water partition coefficient (Wildman–Crippen LogP) is 4.11. The molecule has 0 radical (unpaired) electrons. The van der Waals surface area contributed by atoms with Crippen LogP contribution in [-0.4, -0.2) is 23.7 Å². The van der Waals surface area contributed by atoms with E-state index in [4.69, 9.17) is 4.74 Å². The Bertz CT molecular complexity index is 711. The zero-order valence-electron chi connectivity index (χ0n) is 14.7. The Morgan fingerprint density at radius 1 is 1.00 bits per heavy atom. The Kier molecular flexibility index (Phi) is 7.07. The zero-order valence-corrected chi connectivity index (χ0v) is 15.6. The summed E-state index contributed by atoms with van der Waals surface area (Å²) in [4.78, 5) is 23.9. The van der Waals surface area contributed by atoms with Crippen molar-refractivity contribution >= 4 is 29.3 Å². The van der Waals surface area contributed by atoms with Gasteiger partial charge in [-0.25, -0.2) is 0 Å². The summed E-state index contributed by atoms with van der Waals surface area (Å²) in [6, 6.07) is 15.6. The molecule has 0 aliphatic heterocycles. The van der Waals surface area contributed by atoms with Crippen LogP contribution in [0.3, 0.4) is 0 Å². The minimum Gasteiger partial charge on any atom is -0.452 e. The Hall–Kier alpha value is -2.27. The monoisotopic (exact) mass is 357 g/mol. The van der Waals surface area contributed by atoms with Crippen LogP contribution in [0.15, 0.2) is 48.5 Å². The van der Waals surface area contributed by atoms with Crippen molar-refractivity contribution in [2.45, 2.75) is 32.6 Å². The third kappa shape index (κ3) is 6.63. The first kappa shape index (κ1) is 19.1. The molecule has 0 fully saturated rings. The molecule has 5 heteroatoms. The van der Waals surface area contributed by atoms with Gasteiger partial charge in [-0.05, 0) is 38.5 Å². The molecule has 4 nitrogen and oxygen atoms in total. The van der Waals surface area contributed by atoms with Gasteiger partial charge in [0.05, 0.1) is 5.75 Å². The third-order valence-electron chi connectivity index (χ3n) is 3.61. The Morgan fingerprint density at radius 2 is 1.56 bits per heavy atom. The lowest BCUT2D eigenvalue weighted by Crippen LogP contribution is -2.30. The molecule has 0 unspecified atom stereocenters. The van der Waals surface area contributed by atoms with Crippen molar-refractivity contribution in [3.05, 3.63) is 65.2 Å². The second-order valence-corrected chi connectivity index (χ2v) is 6.95. The molecule has 0 saturated heterocycles. The van der Waals surface area contributed by atoms with Crippen molar-refractivity contribution in [2.24, 2.45) is 0 Å². The summed E-state index contributed by atoms with van der Waals surface area (Å²) in [5, 5.41) is 2.74. The van der Waals surface area contributed by atoms with Crippen LogP contribution in [0.2, 0.25) is 0 Å². The minimum atomic E-state index is -0.825. The van der Waals surface area contributed by atoms with Crippen LogP contribution in [0, 0.1) is 13.8 Å². The quantitative estimate of drug-likeness (QED) is 0.758. The fourth-order valence-electron chi connectivity index (χ4n) is 2.10. The molecule has 1 atom stereocenters. The number of esters is 1. The molecule has 132 valence electrons. The largest absolute Gasteiger partial charge is 0.452 e. The van der Waals surface area contributed by atoms with Crippen LogP contribution >= 0.6 is 11.8 Å². The van der Waals surface area contributed by atoms with Gasteiger partial charge in [-0.1, -0.05) is 47.5 Å². The van der Waals surface area contributed by atoms with Crippen LogP contribution in [0.1, 0.15) is 23.6 Å². The maximum absolute atomic E-state index is 12.1. The van der Waals surface area contributed by atoms with Crippen LogP contribution in [0.4, 0.5) is 5.69 Å². The highest BCUT2D eigenvalue weighted by Crippen LogP contribution is 2.14. The number of rotatable bonds is 7. The van der Waals surface area contributed by atoms with E-state index < -0.39 is 6.10 Å². The van der Waals surface area contributed by atoms with E-state index in [1.165, 1.54) is 17.3 Å². The van der Waals surface area contributed by atoms with E-state index in [0.29, 0.717) is 5.69 Å². The Morgan fingerprint density at radius 3 is 2.16 bits per heavy atom. The van der Waals surface area contributed by atoms with Gasteiger partial charge in [-0.3, -0.25) is 9.59 Å². The van der Waals surface area contributed by atoms with Crippen molar-refractivity contribution in [1.29, 1.82) is 0 Å². The lowest BCUT2D eigenvalue weighted by molar-refractivity contribution is -0.150. The van der Waals surface area contributed by atoms with Crippen molar-refractivity contribution in [3.8, 4) is 0 Å². The molecule has 0 bridgehead atoms. The maximum atomic E-state index is 12.1. The number of carbonyl (C=O) groups is 2. The molecule has 1 N–H and O–H groups in total. The number of hydrogen-bond acceptors (Lipinski definition) is 4. The molecule has 0 aliphatic rings. The molecule has 0 spiro atoms. The molecule has 0 aromatic heterocycles. The molecule has 0 aliphatic carbocycles. The minimum absolute atomic E-state index is 0.218. The molecule has 1 amide bonds. The maximum Gasteiger partial charge on any atom is 0.316 e. The van der Waals surface area contributed by atoms with E-state index in [9.17, 15) is 9.59 Å². The Balaban J connectivity index is 1.72. The van der Waals surface area contributed by atoms with Gasteiger partial charge in [0, 0.05) is 11.4 Å². The van der Waals surface area contributed by atoms with Gasteiger partial charge < -0.3 is 10.1 Å². The summed E-state index contributed by atoms with van der Waals surface area (Å²) in [5.74, 6) is 0.236. The number of benzene rings is 2. The first-order valence-electron chi connectivity index (χ1n) is 8.14. The number of thioether (sulfide) groups is 1. The summed E-state index contributed by atoms with van der Waals surface area (Å²) in [6.45, 7) is 5.59. The molecule has 0 saturated carbocycles. The average molecular weight is 357 g/mol. The molecule has 0 heterocycles. The third-order valence-corrected chi connectivity index (χ3v) is 4.58. The number of amides is 1.